The molecule has 2 aromatic rings. The van der Waals surface area contributed by atoms with Gasteiger partial charge in [0.05, 0.1) is 35.5 Å². The van der Waals surface area contributed by atoms with Crippen LogP contribution in [0.5, 0.6) is 11.5 Å². The Kier molecular flexibility index (Phi) is 8.64. The van der Waals surface area contributed by atoms with Gasteiger partial charge in [0.25, 0.3) is 17.7 Å². The molecule has 1 unspecified atom stereocenters. The number of aliphatic hydroxyl groups is 1. The molecule has 3 amide bonds. The van der Waals surface area contributed by atoms with Gasteiger partial charge < -0.3 is 50.1 Å². The van der Waals surface area contributed by atoms with Crippen molar-refractivity contribution < 1.29 is 63.0 Å². The second-order valence-corrected chi connectivity index (χ2v) is 14.0. The van der Waals surface area contributed by atoms with Gasteiger partial charge in [0.15, 0.2) is 30.4 Å². The van der Waals surface area contributed by atoms with Crippen molar-refractivity contribution in [2.24, 2.45) is 0 Å². The fourth-order valence-corrected chi connectivity index (χ4v) is 8.49. The van der Waals surface area contributed by atoms with Gasteiger partial charge in [-0.15, -0.1) is 0 Å². The van der Waals surface area contributed by atoms with E-state index >= 15 is 0 Å². The molecule has 4 heterocycles. The van der Waals surface area contributed by atoms with E-state index in [4.69, 9.17) is 29.4 Å². The lowest BCUT2D eigenvalue weighted by Gasteiger charge is -2.43. The van der Waals surface area contributed by atoms with Gasteiger partial charge in [-0.1, -0.05) is 12.1 Å². The highest BCUT2D eigenvalue weighted by molar-refractivity contribution is 6.32. The monoisotopic (exact) mass is 734 g/mol. The van der Waals surface area contributed by atoms with E-state index in [-0.39, 0.29) is 59.6 Å². The maximum Gasteiger partial charge on any atom is 0.253 e. The molecule has 53 heavy (non-hydrogen) atoms. The van der Waals surface area contributed by atoms with Gasteiger partial charge in [-0.3, -0.25) is 33.8 Å². The molecule has 2 aromatic carbocycles. The zero-order valence-electron chi connectivity index (χ0n) is 28.8. The standard InChI is InChI=1S/C36H38N4O13/c1-15-32-19(39-10-11-50-34(49-2)33(39)53-32)12-23(51-15)52-20-14-36(48,35(47)38-8-9-40-21(41)6-7-22(40)42)13-17-25(20)31(46)27-26(29(17)44)28(43)16-4-3-5-18(37)24(16)30(27)45/h3-7,15,19-20,23,32-34,44,46,48H,8-14,37H2,1-2H3,(H,38,47)/t15-,19-,20-,23?,32+,33+,34-,36-/m0/s1. The number of methoxy groups -OCH3 is 1. The Labute approximate surface area is 302 Å². The molecule has 0 bridgehead atoms. The van der Waals surface area contributed by atoms with Crippen LogP contribution < -0.4 is 11.1 Å². The molecule has 280 valence electrons. The van der Waals surface area contributed by atoms with Crippen LogP contribution in [0.15, 0.2) is 30.4 Å². The Morgan fingerprint density at radius 3 is 2.53 bits per heavy atom. The van der Waals surface area contributed by atoms with Crippen molar-refractivity contribution in [2.45, 2.75) is 74.9 Å². The number of phenolic OH excluding ortho intramolecular Hbond substituents is 2. The van der Waals surface area contributed by atoms with E-state index in [0.29, 0.717) is 13.2 Å². The minimum Gasteiger partial charge on any atom is -0.507 e. The first kappa shape index (κ1) is 35.3. The van der Waals surface area contributed by atoms with Gasteiger partial charge >= 0.3 is 0 Å². The number of aromatic hydroxyl groups is 2. The number of phenols is 2. The number of amides is 3. The Bertz CT molecular complexity index is 1970. The van der Waals surface area contributed by atoms with E-state index in [1.807, 2.05) is 6.92 Å². The van der Waals surface area contributed by atoms with Crippen LogP contribution in [-0.2, 0) is 44.5 Å². The third kappa shape index (κ3) is 5.53. The van der Waals surface area contributed by atoms with E-state index in [1.54, 1.807) is 0 Å². The number of imide groups is 1. The van der Waals surface area contributed by atoms with E-state index in [1.165, 1.54) is 25.3 Å². The normalized spacial score (nSPS) is 31.9. The molecule has 0 aromatic heterocycles. The van der Waals surface area contributed by atoms with Crippen LogP contribution >= 0.6 is 0 Å². The molecule has 0 radical (unpaired) electrons. The first-order valence-electron chi connectivity index (χ1n) is 17.3. The molecule has 8 rings (SSSR count). The average Bonchev–Trinajstić information content (AvgIpc) is 3.67. The Hall–Kier alpha value is -4.75. The molecule has 8 atom stereocenters. The van der Waals surface area contributed by atoms with Crippen LogP contribution in [-0.4, -0.2) is 130 Å². The molecule has 3 fully saturated rings. The summed E-state index contributed by atoms with van der Waals surface area (Å²) >= 11 is 0. The molecule has 4 aliphatic heterocycles. The number of morpholine rings is 1. The number of anilines is 1. The molecule has 3 saturated heterocycles. The lowest BCUT2D eigenvalue weighted by Crippen LogP contribution is -2.55. The van der Waals surface area contributed by atoms with Crippen LogP contribution in [0.3, 0.4) is 0 Å². The Morgan fingerprint density at radius 2 is 1.79 bits per heavy atom. The van der Waals surface area contributed by atoms with Crippen LogP contribution in [0.1, 0.15) is 68.8 Å². The van der Waals surface area contributed by atoms with E-state index in [0.717, 1.165) is 17.1 Å². The topological polar surface area (TPSA) is 237 Å². The third-order valence-corrected chi connectivity index (χ3v) is 11.0. The number of ether oxygens (including phenoxy) is 5. The van der Waals surface area contributed by atoms with Crippen LogP contribution in [0.25, 0.3) is 0 Å². The van der Waals surface area contributed by atoms with Crippen LogP contribution in [0.4, 0.5) is 5.69 Å². The number of ketones is 2. The van der Waals surface area contributed by atoms with Crippen molar-refractivity contribution in [1.29, 1.82) is 0 Å². The molecule has 2 aliphatic carbocycles. The zero-order chi connectivity index (χ0) is 37.5. The number of hydrogen-bond donors (Lipinski definition) is 5. The molecular formula is C36H38N4O13. The minimum atomic E-state index is -2.31. The van der Waals surface area contributed by atoms with Gasteiger partial charge in [-0.05, 0) is 13.0 Å². The summed E-state index contributed by atoms with van der Waals surface area (Å²) in [6.07, 6.45) is -2.96. The predicted molar refractivity (Wildman–Crippen MR) is 178 cm³/mol. The molecule has 6 N–H and O–H groups in total. The van der Waals surface area contributed by atoms with Gasteiger partial charge in [-0.25, -0.2) is 0 Å². The first-order chi connectivity index (χ1) is 25.3. The lowest BCUT2D eigenvalue weighted by molar-refractivity contribution is -0.256. The number of fused-ring (bicyclic) bond motifs is 6. The summed E-state index contributed by atoms with van der Waals surface area (Å²) in [6.45, 7) is 2.37. The molecular weight excluding hydrogens is 696 g/mol. The van der Waals surface area contributed by atoms with Gasteiger partial charge in [0.1, 0.15) is 23.2 Å². The first-order valence-corrected chi connectivity index (χ1v) is 17.3. The van der Waals surface area contributed by atoms with Crippen molar-refractivity contribution in [3.05, 3.63) is 63.7 Å². The number of hydrogen-bond acceptors (Lipinski definition) is 15. The number of nitrogens with zero attached hydrogens (tertiary/aromatic N) is 2. The number of nitrogens with one attached hydrogen (secondary N) is 1. The molecule has 0 saturated carbocycles. The number of nitrogen functional groups attached to an aromatic ring is 1. The highest BCUT2D eigenvalue weighted by atomic mass is 16.7. The molecule has 17 nitrogen and oxygen atoms in total. The van der Waals surface area contributed by atoms with E-state index in [2.05, 4.69) is 10.2 Å². The molecule has 6 aliphatic rings. The van der Waals surface area contributed by atoms with Crippen molar-refractivity contribution >= 4 is 35.0 Å². The number of carbonyl (C=O) groups is 5. The quantitative estimate of drug-likeness (QED) is 0.120. The maximum absolute atomic E-state index is 13.9. The number of benzene rings is 2. The Morgan fingerprint density at radius 1 is 1.06 bits per heavy atom. The lowest BCUT2D eigenvalue weighted by atomic mass is 9.72. The minimum absolute atomic E-state index is 0.00475. The fraction of sp³-hybridized carbons (Fsp3) is 0.472. The summed E-state index contributed by atoms with van der Waals surface area (Å²) in [5.41, 5.74) is 2.35. The third-order valence-electron chi connectivity index (χ3n) is 11.0. The van der Waals surface area contributed by atoms with Crippen molar-refractivity contribution in [2.75, 3.05) is 39.1 Å². The highest BCUT2D eigenvalue weighted by Gasteiger charge is 2.55. The maximum atomic E-state index is 13.9. The summed E-state index contributed by atoms with van der Waals surface area (Å²) in [4.78, 5) is 68.5. The van der Waals surface area contributed by atoms with Crippen molar-refractivity contribution in [3.8, 4) is 11.5 Å². The van der Waals surface area contributed by atoms with Crippen molar-refractivity contribution in [1.82, 2.24) is 15.1 Å². The predicted octanol–water partition coefficient (Wildman–Crippen LogP) is -0.235. The van der Waals surface area contributed by atoms with Crippen LogP contribution in [0.2, 0.25) is 0 Å². The number of carbonyl (C=O) groups excluding carboxylic acids is 5. The van der Waals surface area contributed by atoms with Gasteiger partial charge in [0, 0.05) is 86.6 Å². The summed E-state index contributed by atoms with van der Waals surface area (Å²) in [5.74, 6) is -4.96. The van der Waals surface area contributed by atoms with E-state index in [9.17, 15) is 39.3 Å². The molecule has 0 spiro atoms. The summed E-state index contributed by atoms with van der Waals surface area (Å²) in [6, 6.07) is 4.08. The highest BCUT2D eigenvalue weighted by Crippen LogP contribution is 2.52. The number of rotatable bonds is 7. The summed E-state index contributed by atoms with van der Waals surface area (Å²) in [5, 5.41) is 38.2. The molecule has 17 heteroatoms. The average molecular weight is 735 g/mol. The smallest absolute Gasteiger partial charge is 0.253 e. The summed E-state index contributed by atoms with van der Waals surface area (Å²) < 4.78 is 30.3. The van der Waals surface area contributed by atoms with Gasteiger partial charge in [-0.2, -0.15) is 0 Å². The Balaban J connectivity index is 1.14. The summed E-state index contributed by atoms with van der Waals surface area (Å²) in [7, 11) is 1.53. The zero-order valence-corrected chi connectivity index (χ0v) is 28.8. The van der Waals surface area contributed by atoms with Crippen molar-refractivity contribution in [3.63, 3.8) is 0 Å². The van der Waals surface area contributed by atoms with Crippen LogP contribution in [0, 0.1) is 0 Å². The second-order valence-electron chi connectivity index (χ2n) is 14.0. The van der Waals surface area contributed by atoms with Gasteiger partial charge in [0.2, 0.25) is 0 Å². The SMILES string of the molecule is CO[C@H]1OCCN2[C@@H]1O[C@@H]1[C@H](C)OC(O[C@H]3C[C@](O)(C(=O)NCCN4C(=O)C=CC4=O)Cc4c(O)c5c(c(O)c43)C(=O)c3c(N)cccc3C5=O)C[C@@H]12. The second kappa shape index (κ2) is 13.0. The fourth-order valence-electron chi connectivity index (χ4n) is 8.49. The largest absolute Gasteiger partial charge is 0.507 e. The van der Waals surface area contributed by atoms with E-state index < -0.39 is 101 Å². The number of nitrogens with two attached hydrogens (primary N) is 1.